The molecule has 2 nitrogen and oxygen atoms in total. The minimum absolute atomic E-state index is 0.219. The zero-order valence-corrected chi connectivity index (χ0v) is 13.3. The Bertz CT molecular complexity index is 610. The number of rotatable bonds is 5. The van der Waals surface area contributed by atoms with Gasteiger partial charge in [-0.25, -0.2) is 0 Å². The van der Waals surface area contributed by atoms with Crippen molar-refractivity contribution in [3.8, 4) is 0 Å². The second kappa shape index (κ2) is 6.71. The minimum atomic E-state index is -0.219. The molecule has 3 heteroatoms. The van der Waals surface area contributed by atoms with Gasteiger partial charge in [0.1, 0.15) is 6.10 Å². The summed E-state index contributed by atoms with van der Waals surface area (Å²) in [5.41, 5.74) is 1.15. The third-order valence-electron chi connectivity index (χ3n) is 4.58. The number of fused-ring (bicyclic) bond motifs is 1. The van der Waals surface area contributed by atoms with Gasteiger partial charge in [0.25, 0.3) is 0 Å². The monoisotopic (exact) mass is 302 g/mol. The van der Waals surface area contributed by atoms with Gasteiger partial charge in [-0.15, -0.1) is 11.3 Å². The Kier molecular flexibility index (Phi) is 4.71. The van der Waals surface area contributed by atoms with E-state index < -0.39 is 0 Å². The summed E-state index contributed by atoms with van der Waals surface area (Å²) < 4.78 is 6.82. The molecule has 0 radical (unpaired) electrons. The lowest BCUT2D eigenvalue weighted by molar-refractivity contribution is -0.132. The number of Topliss-reactive ketones (excluding diaryl/α,β-unsaturated/α-hetero) is 1. The van der Waals surface area contributed by atoms with E-state index in [1.807, 2.05) is 12.1 Å². The molecule has 112 valence electrons. The van der Waals surface area contributed by atoms with Gasteiger partial charge in [0.2, 0.25) is 0 Å². The molecule has 3 rings (SSSR count). The fourth-order valence-corrected chi connectivity index (χ4v) is 4.44. The van der Waals surface area contributed by atoms with Crippen LogP contribution in [-0.4, -0.2) is 19.0 Å². The lowest BCUT2D eigenvalue weighted by Crippen LogP contribution is -2.34. The normalized spacial score (nSPS) is 18.0. The Morgan fingerprint density at radius 2 is 2.05 bits per heavy atom. The van der Waals surface area contributed by atoms with Crippen molar-refractivity contribution in [2.24, 2.45) is 5.92 Å². The first kappa shape index (κ1) is 14.7. The molecule has 1 fully saturated rings. The molecule has 0 spiro atoms. The standard InChI is InChI=1S/C18H22O2S/c1-20-18(13-7-3-2-4-8-13)16(19)11-14-12-21-17-10-6-5-9-15(14)17/h5-6,9-10,12-13,18H,2-4,7-8,11H2,1H3. The van der Waals surface area contributed by atoms with Crippen LogP contribution in [0.3, 0.4) is 0 Å². The van der Waals surface area contributed by atoms with E-state index in [2.05, 4.69) is 17.5 Å². The zero-order chi connectivity index (χ0) is 14.7. The predicted octanol–water partition coefficient (Wildman–Crippen LogP) is 4.61. The van der Waals surface area contributed by atoms with Gasteiger partial charge < -0.3 is 4.74 Å². The van der Waals surface area contributed by atoms with E-state index >= 15 is 0 Å². The van der Waals surface area contributed by atoms with Gasteiger partial charge in [-0.05, 0) is 41.2 Å². The molecule has 1 atom stereocenters. The van der Waals surface area contributed by atoms with Crippen molar-refractivity contribution >= 4 is 27.2 Å². The largest absolute Gasteiger partial charge is 0.373 e. The summed E-state index contributed by atoms with van der Waals surface area (Å²) in [4.78, 5) is 12.7. The van der Waals surface area contributed by atoms with Crippen molar-refractivity contribution in [3.63, 3.8) is 0 Å². The molecule has 0 N–H and O–H groups in total. The minimum Gasteiger partial charge on any atom is -0.373 e. The molecule has 0 bridgehead atoms. The van der Waals surface area contributed by atoms with E-state index in [1.54, 1.807) is 18.4 Å². The van der Waals surface area contributed by atoms with E-state index in [4.69, 9.17) is 4.74 Å². The van der Waals surface area contributed by atoms with E-state index in [1.165, 1.54) is 29.3 Å². The molecule has 1 saturated carbocycles. The van der Waals surface area contributed by atoms with E-state index in [0.717, 1.165) is 18.4 Å². The van der Waals surface area contributed by atoms with Gasteiger partial charge in [0.15, 0.2) is 5.78 Å². The van der Waals surface area contributed by atoms with Crippen molar-refractivity contribution in [3.05, 3.63) is 35.2 Å². The summed E-state index contributed by atoms with van der Waals surface area (Å²) in [6, 6.07) is 8.31. The second-order valence-electron chi connectivity index (χ2n) is 5.95. The molecule has 2 aromatic rings. The van der Waals surface area contributed by atoms with Gasteiger partial charge in [-0.1, -0.05) is 37.5 Å². The summed E-state index contributed by atoms with van der Waals surface area (Å²) in [5, 5.41) is 3.34. The molecule has 21 heavy (non-hydrogen) atoms. The van der Waals surface area contributed by atoms with Crippen molar-refractivity contribution in [1.29, 1.82) is 0 Å². The highest BCUT2D eigenvalue weighted by molar-refractivity contribution is 7.17. The van der Waals surface area contributed by atoms with Crippen molar-refractivity contribution < 1.29 is 9.53 Å². The first-order valence-electron chi connectivity index (χ1n) is 7.80. The molecular weight excluding hydrogens is 280 g/mol. The zero-order valence-electron chi connectivity index (χ0n) is 12.5. The molecule has 1 unspecified atom stereocenters. The maximum absolute atomic E-state index is 12.7. The fourth-order valence-electron chi connectivity index (χ4n) is 3.48. The van der Waals surface area contributed by atoms with Crippen LogP contribution in [0, 0.1) is 5.92 Å². The smallest absolute Gasteiger partial charge is 0.166 e. The maximum atomic E-state index is 12.7. The molecule has 1 aromatic carbocycles. The van der Waals surface area contributed by atoms with Crippen LogP contribution in [0.1, 0.15) is 37.7 Å². The van der Waals surface area contributed by atoms with Crippen LogP contribution in [0.2, 0.25) is 0 Å². The van der Waals surface area contributed by atoms with Crippen molar-refractivity contribution in [2.45, 2.75) is 44.6 Å². The SMILES string of the molecule is COC(C(=O)Cc1csc2ccccc12)C1CCCCC1. The number of hydrogen-bond donors (Lipinski definition) is 0. The first-order chi connectivity index (χ1) is 10.3. The fraction of sp³-hybridized carbons (Fsp3) is 0.500. The first-order valence-corrected chi connectivity index (χ1v) is 8.68. The van der Waals surface area contributed by atoms with Crippen LogP contribution in [-0.2, 0) is 16.0 Å². The van der Waals surface area contributed by atoms with E-state index in [0.29, 0.717) is 12.3 Å². The Morgan fingerprint density at radius 3 is 2.81 bits per heavy atom. The molecular formula is C18H22O2S. The maximum Gasteiger partial charge on any atom is 0.166 e. The molecule has 0 aliphatic heterocycles. The summed E-state index contributed by atoms with van der Waals surface area (Å²) in [6.07, 6.45) is 6.32. The third-order valence-corrected chi connectivity index (χ3v) is 5.59. The van der Waals surface area contributed by atoms with Gasteiger partial charge in [-0.2, -0.15) is 0 Å². The summed E-state index contributed by atoms with van der Waals surface area (Å²) in [6.45, 7) is 0. The average Bonchev–Trinajstić information content (AvgIpc) is 2.92. The highest BCUT2D eigenvalue weighted by atomic mass is 32.1. The van der Waals surface area contributed by atoms with Crippen molar-refractivity contribution in [2.75, 3.05) is 7.11 Å². The topological polar surface area (TPSA) is 26.3 Å². The highest BCUT2D eigenvalue weighted by Crippen LogP contribution is 2.30. The van der Waals surface area contributed by atoms with Crippen LogP contribution in [0.15, 0.2) is 29.6 Å². The molecule has 0 saturated heterocycles. The molecule has 1 aliphatic rings. The van der Waals surface area contributed by atoms with Crippen LogP contribution >= 0.6 is 11.3 Å². The number of ether oxygens (including phenoxy) is 1. The highest BCUT2D eigenvalue weighted by Gasteiger charge is 2.29. The number of thiophene rings is 1. The molecule has 0 amide bonds. The Morgan fingerprint density at radius 1 is 1.29 bits per heavy atom. The molecule has 1 aliphatic carbocycles. The van der Waals surface area contributed by atoms with Gasteiger partial charge in [-0.3, -0.25) is 4.79 Å². The average molecular weight is 302 g/mol. The lowest BCUT2D eigenvalue weighted by Gasteiger charge is -2.28. The van der Waals surface area contributed by atoms with E-state index in [-0.39, 0.29) is 11.9 Å². The van der Waals surface area contributed by atoms with Gasteiger partial charge in [0, 0.05) is 18.2 Å². The number of ketones is 1. The Labute approximate surface area is 130 Å². The molecule has 1 heterocycles. The Balaban J connectivity index is 1.74. The quantitative estimate of drug-likeness (QED) is 0.806. The number of methoxy groups -OCH3 is 1. The summed E-state index contributed by atoms with van der Waals surface area (Å²) in [5.74, 6) is 0.661. The van der Waals surface area contributed by atoms with Crippen molar-refractivity contribution in [1.82, 2.24) is 0 Å². The second-order valence-corrected chi connectivity index (χ2v) is 6.87. The number of hydrogen-bond acceptors (Lipinski definition) is 3. The predicted molar refractivity (Wildman–Crippen MR) is 87.9 cm³/mol. The lowest BCUT2D eigenvalue weighted by atomic mass is 9.82. The molecule has 1 aromatic heterocycles. The van der Waals surface area contributed by atoms with Crippen LogP contribution < -0.4 is 0 Å². The summed E-state index contributed by atoms with van der Waals surface area (Å²) >= 11 is 1.72. The van der Waals surface area contributed by atoms with Gasteiger partial charge in [0.05, 0.1) is 0 Å². The number of benzene rings is 1. The Hall–Kier alpha value is -1.19. The van der Waals surface area contributed by atoms with Crippen LogP contribution in [0.25, 0.3) is 10.1 Å². The number of carbonyl (C=O) groups is 1. The van der Waals surface area contributed by atoms with E-state index in [9.17, 15) is 4.79 Å². The van der Waals surface area contributed by atoms with Crippen LogP contribution in [0.4, 0.5) is 0 Å². The van der Waals surface area contributed by atoms with Gasteiger partial charge >= 0.3 is 0 Å². The summed E-state index contributed by atoms with van der Waals surface area (Å²) in [7, 11) is 1.68. The van der Waals surface area contributed by atoms with Crippen LogP contribution in [0.5, 0.6) is 0 Å². The number of carbonyl (C=O) groups excluding carboxylic acids is 1. The third kappa shape index (κ3) is 3.19.